The molecule has 0 aromatic heterocycles. The molecule has 0 radical (unpaired) electrons. The van der Waals surface area contributed by atoms with E-state index in [2.05, 4.69) is 11.8 Å². The van der Waals surface area contributed by atoms with Crippen LogP contribution in [0.2, 0.25) is 5.02 Å². The van der Waals surface area contributed by atoms with Crippen LogP contribution in [0.3, 0.4) is 0 Å². The van der Waals surface area contributed by atoms with E-state index in [1.807, 2.05) is 11.8 Å². The molecule has 1 aliphatic rings. The van der Waals surface area contributed by atoms with E-state index in [1.54, 1.807) is 30.3 Å². The van der Waals surface area contributed by atoms with Crippen LogP contribution in [-0.2, 0) is 16.1 Å². The number of nitrogens with zero attached hydrogens (tertiary/aromatic N) is 2. The highest BCUT2D eigenvalue weighted by molar-refractivity contribution is 6.30. The van der Waals surface area contributed by atoms with Crippen LogP contribution in [0.25, 0.3) is 0 Å². The van der Waals surface area contributed by atoms with E-state index in [0.29, 0.717) is 42.6 Å². The summed E-state index contributed by atoms with van der Waals surface area (Å²) in [6.07, 6.45) is 0.344. The second-order valence-corrected chi connectivity index (χ2v) is 8.96. The summed E-state index contributed by atoms with van der Waals surface area (Å²) in [6.45, 7) is 6.06. The van der Waals surface area contributed by atoms with E-state index in [1.165, 1.54) is 12.1 Å². The summed E-state index contributed by atoms with van der Waals surface area (Å²) in [5.74, 6) is -0.527. The lowest BCUT2D eigenvalue weighted by molar-refractivity contribution is -0.139. The number of hydrogen-bond donors (Lipinski definition) is 1. The zero-order valence-electron chi connectivity index (χ0n) is 19.4. The maximum atomic E-state index is 13.2. The molecule has 1 saturated heterocycles. The van der Waals surface area contributed by atoms with Crippen LogP contribution in [0.1, 0.15) is 32.3 Å². The summed E-state index contributed by atoms with van der Waals surface area (Å²) in [6, 6.07) is 11.5. The molecule has 1 fully saturated rings. The van der Waals surface area contributed by atoms with Crippen molar-refractivity contribution in [3.63, 3.8) is 0 Å². The normalized spacial score (nSPS) is 18.5. The minimum Gasteiger partial charge on any atom is -0.490 e. The van der Waals surface area contributed by atoms with Gasteiger partial charge in [0.25, 0.3) is 5.91 Å². The first-order chi connectivity index (χ1) is 16.2. The zero-order valence-corrected chi connectivity index (χ0v) is 20.1. The predicted octanol–water partition coefficient (Wildman–Crippen LogP) is 4.22. The highest BCUT2D eigenvalue weighted by atomic mass is 35.5. The van der Waals surface area contributed by atoms with E-state index in [4.69, 9.17) is 26.2 Å². The Kier molecular flexibility index (Phi) is 9.12. The minimum atomic E-state index is -0.891. The Hall–Kier alpha value is -2.84. The minimum absolute atomic E-state index is 0.00154. The summed E-state index contributed by atoms with van der Waals surface area (Å²) in [5, 5.41) is 9.21. The van der Waals surface area contributed by atoms with Gasteiger partial charge in [-0.3, -0.25) is 14.5 Å². The number of ether oxygens (including phenoxy) is 2. The van der Waals surface area contributed by atoms with E-state index in [0.717, 1.165) is 5.56 Å². The fourth-order valence-corrected chi connectivity index (χ4v) is 4.09. The van der Waals surface area contributed by atoms with Crippen molar-refractivity contribution in [1.82, 2.24) is 9.80 Å². The number of piperazine rings is 1. The molecule has 0 spiro atoms. The number of carbonyl (C=O) groups is 2. The van der Waals surface area contributed by atoms with E-state index in [-0.39, 0.29) is 43.4 Å². The van der Waals surface area contributed by atoms with Gasteiger partial charge < -0.3 is 19.5 Å². The lowest BCUT2D eigenvalue weighted by Gasteiger charge is -2.44. The standard InChI is InChI=1S/C25H30ClFN2O5/c1-17-14-29(18(2)13-28(17)15-19-5-8-21(27)9-6-19)24(30)16-34-22-10-7-20(26)12-23(22)33-11-3-4-25(31)32/h5-10,12,17-18H,3-4,11,13-16H2,1-2H3,(H,31,32)/t17-,18+/m0/s1. The number of amides is 1. The second-order valence-electron chi connectivity index (χ2n) is 8.53. The smallest absolute Gasteiger partial charge is 0.303 e. The Morgan fingerprint density at radius 3 is 2.50 bits per heavy atom. The Bertz CT molecular complexity index is 988. The van der Waals surface area contributed by atoms with Gasteiger partial charge in [0.1, 0.15) is 5.82 Å². The first-order valence-corrected chi connectivity index (χ1v) is 11.7. The van der Waals surface area contributed by atoms with Crippen LogP contribution in [-0.4, -0.2) is 65.2 Å². The van der Waals surface area contributed by atoms with Gasteiger partial charge in [-0.2, -0.15) is 0 Å². The van der Waals surface area contributed by atoms with Gasteiger partial charge in [0.15, 0.2) is 18.1 Å². The van der Waals surface area contributed by atoms with Gasteiger partial charge in [-0.05, 0) is 50.1 Å². The molecule has 184 valence electrons. The van der Waals surface area contributed by atoms with Crippen LogP contribution in [0.4, 0.5) is 4.39 Å². The summed E-state index contributed by atoms with van der Waals surface area (Å²) >= 11 is 6.05. The number of carbonyl (C=O) groups excluding carboxylic acids is 1. The van der Waals surface area contributed by atoms with Crippen molar-refractivity contribution in [2.45, 2.75) is 45.3 Å². The van der Waals surface area contributed by atoms with Gasteiger partial charge >= 0.3 is 5.97 Å². The Morgan fingerprint density at radius 2 is 1.79 bits per heavy atom. The molecule has 1 aliphatic heterocycles. The molecule has 2 atom stereocenters. The molecule has 9 heteroatoms. The molecule has 7 nitrogen and oxygen atoms in total. The Balaban J connectivity index is 1.54. The maximum Gasteiger partial charge on any atom is 0.303 e. The number of rotatable bonds is 10. The molecule has 2 aromatic carbocycles. The van der Waals surface area contributed by atoms with Crippen molar-refractivity contribution in [2.75, 3.05) is 26.3 Å². The number of benzene rings is 2. The fraction of sp³-hybridized carbons (Fsp3) is 0.440. The van der Waals surface area contributed by atoms with Crippen LogP contribution in [0, 0.1) is 5.82 Å². The van der Waals surface area contributed by atoms with Gasteiger partial charge in [0, 0.05) is 49.2 Å². The largest absolute Gasteiger partial charge is 0.490 e. The molecule has 0 saturated carbocycles. The van der Waals surface area contributed by atoms with Gasteiger partial charge in [-0.15, -0.1) is 0 Å². The van der Waals surface area contributed by atoms with Crippen molar-refractivity contribution in [2.24, 2.45) is 0 Å². The molecular weight excluding hydrogens is 463 g/mol. The molecule has 0 unspecified atom stereocenters. The van der Waals surface area contributed by atoms with Crippen LogP contribution >= 0.6 is 11.6 Å². The SMILES string of the molecule is C[C@@H]1CN(Cc2ccc(F)cc2)[C@@H](C)CN1C(=O)COc1ccc(Cl)cc1OCCCC(=O)O. The second kappa shape index (κ2) is 12.0. The highest BCUT2D eigenvalue weighted by Crippen LogP contribution is 2.31. The summed E-state index contributed by atoms with van der Waals surface area (Å²) in [5.41, 5.74) is 1.03. The van der Waals surface area contributed by atoms with Crippen molar-refractivity contribution >= 4 is 23.5 Å². The number of halogens is 2. The van der Waals surface area contributed by atoms with Crippen molar-refractivity contribution in [3.05, 3.63) is 58.9 Å². The Morgan fingerprint density at radius 1 is 1.06 bits per heavy atom. The van der Waals surface area contributed by atoms with Gasteiger partial charge in [-0.25, -0.2) is 4.39 Å². The van der Waals surface area contributed by atoms with Gasteiger partial charge in [0.2, 0.25) is 0 Å². The van der Waals surface area contributed by atoms with Crippen molar-refractivity contribution in [1.29, 1.82) is 0 Å². The molecule has 2 aromatic rings. The van der Waals surface area contributed by atoms with E-state index >= 15 is 0 Å². The summed E-state index contributed by atoms with van der Waals surface area (Å²) in [4.78, 5) is 27.7. The van der Waals surface area contributed by atoms with Gasteiger partial charge in [0.05, 0.1) is 6.61 Å². The quantitative estimate of drug-likeness (QED) is 0.500. The molecule has 34 heavy (non-hydrogen) atoms. The molecule has 0 bridgehead atoms. The molecule has 3 rings (SSSR count). The van der Waals surface area contributed by atoms with Crippen LogP contribution in [0.5, 0.6) is 11.5 Å². The molecule has 1 amide bonds. The van der Waals surface area contributed by atoms with Gasteiger partial charge in [-0.1, -0.05) is 23.7 Å². The number of aliphatic carboxylic acids is 1. The highest BCUT2D eigenvalue weighted by Gasteiger charge is 2.32. The van der Waals surface area contributed by atoms with Crippen LogP contribution in [0.15, 0.2) is 42.5 Å². The van der Waals surface area contributed by atoms with Crippen molar-refractivity contribution in [3.8, 4) is 11.5 Å². The third-order valence-electron chi connectivity index (χ3n) is 5.78. The lowest BCUT2D eigenvalue weighted by atomic mass is 10.1. The Labute approximate surface area is 204 Å². The van der Waals surface area contributed by atoms with E-state index in [9.17, 15) is 14.0 Å². The third-order valence-corrected chi connectivity index (χ3v) is 6.02. The first-order valence-electron chi connectivity index (χ1n) is 11.3. The maximum absolute atomic E-state index is 13.2. The number of hydrogen-bond acceptors (Lipinski definition) is 5. The molecule has 1 heterocycles. The number of carboxylic acid groups (broad SMARTS) is 1. The van der Waals surface area contributed by atoms with E-state index < -0.39 is 5.97 Å². The zero-order chi connectivity index (χ0) is 24.7. The van der Waals surface area contributed by atoms with Crippen LogP contribution < -0.4 is 9.47 Å². The monoisotopic (exact) mass is 492 g/mol. The average Bonchev–Trinajstić information content (AvgIpc) is 2.79. The fourth-order valence-electron chi connectivity index (χ4n) is 3.93. The topological polar surface area (TPSA) is 79.3 Å². The summed E-state index contributed by atoms with van der Waals surface area (Å²) < 4.78 is 24.6. The predicted molar refractivity (Wildman–Crippen MR) is 127 cm³/mol. The molecule has 0 aliphatic carbocycles. The summed E-state index contributed by atoms with van der Waals surface area (Å²) in [7, 11) is 0. The molecular formula is C25H30ClFN2O5. The lowest BCUT2D eigenvalue weighted by Crippen LogP contribution is -2.58. The first kappa shape index (κ1) is 25.8. The average molecular weight is 493 g/mol. The molecule has 1 N–H and O–H groups in total. The third kappa shape index (κ3) is 7.33. The number of carboxylic acids is 1. The van der Waals surface area contributed by atoms with Crippen molar-refractivity contribution < 1.29 is 28.6 Å².